The fourth-order valence-electron chi connectivity index (χ4n) is 3.24. The van der Waals surface area contributed by atoms with Gasteiger partial charge < -0.3 is 14.2 Å². The highest BCUT2D eigenvalue weighted by molar-refractivity contribution is 5.81. The first-order chi connectivity index (χ1) is 10.6. The van der Waals surface area contributed by atoms with Gasteiger partial charge in [-0.05, 0) is 31.6 Å². The molecule has 2 saturated heterocycles. The van der Waals surface area contributed by atoms with Gasteiger partial charge in [0.15, 0.2) is 5.82 Å². The Bertz CT molecular complexity index is 508. The van der Waals surface area contributed by atoms with E-state index in [1.54, 1.807) is 0 Å². The van der Waals surface area contributed by atoms with Gasteiger partial charge in [0.05, 0.1) is 5.92 Å². The second-order valence-electron chi connectivity index (χ2n) is 6.77. The van der Waals surface area contributed by atoms with Gasteiger partial charge in [-0.15, -0.1) is 0 Å². The number of carbonyl (C=O) groups is 1. The van der Waals surface area contributed by atoms with E-state index in [0.29, 0.717) is 25.0 Å². The quantitative estimate of drug-likeness (QED) is 0.852. The van der Waals surface area contributed by atoms with Crippen LogP contribution in [0.2, 0.25) is 0 Å². The number of rotatable bonds is 4. The molecule has 1 amide bonds. The van der Waals surface area contributed by atoms with Crippen LogP contribution in [0.25, 0.3) is 0 Å². The maximum atomic E-state index is 12.5. The van der Waals surface area contributed by atoms with Gasteiger partial charge >= 0.3 is 0 Å². The van der Waals surface area contributed by atoms with Crippen LogP contribution in [0.3, 0.4) is 0 Å². The monoisotopic (exact) mass is 307 g/mol. The average molecular weight is 307 g/mol. The van der Waals surface area contributed by atoms with E-state index in [0.717, 1.165) is 44.5 Å². The van der Waals surface area contributed by atoms with E-state index in [1.165, 1.54) is 0 Å². The van der Waals surface area contributed by atoms with Crippen molar-refractivity contribution in [2.24, 2.45) is 5.92 Å². The molecule has 0 N–H and O–H groups in total. The van der Waals surface area contributed by atoms with Gasteiger partial charge in [-0.25, -0.2) is 0 Å². The maximum absolute atomic E-state index is 12.5. The number of ether oxygens (including phenoxy) is 1. The van der Waals surface area contributed by atoms with Crippen LogP contribution in [0, 0.1) is 5.92 Å². The molecule has 0 unspecified atom stereocenters. The Morgan fingerprint density at radius 1 is 1.36 bits per heavy atom. The molecule has 6 heteroatoms. The van der Waals surface area contributed by atoms with E-state index in [-0.39, 0.29) is 17.9 Å². The number of hydrogen-bond donors (Lipinski definition) is 0. The van der Waals surface area contributed by atoms with Crippen molar-refractivity contribution in [3.05, 3.63) is 11.7 Å². The van der Waals surface area contributed by atoms with Crippen molar-refractivity contribution in [1.29, 1.82) is 0 Å². The van der Waals surface area contributed by atoms with Gasteiger partial charge in [0.25, 0.3) is 5.91 Å². The number of nitrogens with zero attached hydrogens (tertiary/aromatic N) is 3. The van der Waals surface area contributed by atoms with E-state index >= 15 is 0 Å². The van der Waals surface area contributed by atoms with Crippen molar-refractivity contribution >= 4 is 5.91 Å². The largest absolute Gasteiger partial charge is 0.368 e. The highest BCUT2D eigenvalue weighted by Gasteiger charge is 2.33. The summed E-state index contributed by atoms with van der Waals surface area (Å²) in [6.07, 6.45) is 4.39. The molecule has 1 aromatic rings. The van der Waals surface area contributed by atoms with Crippen molar-refractivity contribution in [2.45, 2.75) is 58.0 Å². The Balaban J connectivity index is 1.62. The van der Waals surface area contributed by atoms with Gasteiger partial charge in [0, 0.05) is 26.1 Å². The van der Waals surface area contributed by atoms with Crippen molar-refractivity contribution in [1.82, 2.24) is 15.0 Å². The standard InChI is InChI=1S/C16H25N3O3/c1-11(2)9-14-17-15(22-18-14)12-5-3-7-19(10-12)16(20)13-6-4-8-21-13/h11-13H,3-10H2,1-2H3/t12-,13-/m0/s1. The van der Waals surface area contributed by atoms with Crippen LogP contribution in [0.5, 0.6) is 0 Å². The minimum absolute atomic E-state index is 0.129. The van der Waals surface area contributed by atoms with Crippen molar-refractivity contribution in [2.75, 3.05) is 19.7 Å². The van der Waals surface area contributed by atoms with E-state index in [2.05, 4.69) is 24.0 Å². The SMILES string of the molecule is CC(C)Cc1noc([C@H]2CCCN(C(=O)[C@@H]3CCCO3)C2)n1. The molecule has 2 atom stereocenters. The van der Waals surface area contributed by atoms with Crippen LogP contribution < -0.4 is 0 Å². The molecule has 2 aliphatic heterocycles. The number of hydrogen-bond acceptors (Lipinski definition) is 5. The van der Waals surface area contributed by atoms with Gasteiger partial charge in [0.2, 0.25) is 5.89 Å². The Kier molecular flexibility index (Phi) is 4.76. The number of piperidine rings is 1. The Morgan fingerprint density at radius 3 is 2.95 bits per heavy atom. The van der Waals surface area contributed by atoms with E-state index in [1.807, 2.05) is 4.90 Å². The summed E-state index contributed by atoms with van der Waals surface area (Å²) in [5, 5.41) is 4.06. The summed E-state index contributed by atoms with van der Waals surface area (Å²) in [6.45, 7) is 6.46. The molecule has 0 saturated carbocycles. The third-order valence-electron chi connectivity index (χ3n) is 4.36. The lowest BCUT2D eigenvalue weighted by Crippen LogP contribution is -2.44. The second-order valence-corrected chi connectivity index (χ2v) is 6.77. The molecule has 0 bridgehead atoms. The zero-order valence-corrected chi connectivity index (χ0v) is 13.5. The first kappa shape index (κ1) is 15.5. The maximum Gasteiger partial charge on any atom is 0.251 e. The van der Waals surface area contributed by atoms with Gasteiger partial charge in [-0.1, -0.05) is 19.0 Å². The van der Waals surface area contributed by atoms with E-state index in [4.69, 9.17) is 9.26 Å². The predicted octanol–water partition coefficient (Wildman–Crippen LogP) is 2.15. The molecule has 0 spiro atoms. The third-order valence-corrected chi connectivity index (χ3v) is 4.36. The smallest absolute Gasteiger partial charge is 0.251 e. The lowest BCUT2D eigenvalue weighted by Gasteiger charge is -2.32. The molecule has 122 valence electrons. The average Bonchev–Trinajstić information content (AvgIpc) is 3.17. The van der Waals surface area contributed by atoms with E-state index in [9.17, 15) is 4.79 Å². The van der Waals surface area contributed by atoms with Crippen molar-refractivity contribution < 1.29 is 14.1 Å². The molecule has 0 radical (unpaired) electrons. The summed E-state index contributed by atoms with van der Waals surface area (Å²) >= 11 is 0. The lowest BCUT2D eigenvalue weighted by molar-refractivity contribution is -0.142. The molecular formula is C16H25N3O3. The molecule has 2 fully saturated rings. The zero-order chi connectivity index (χ0) is 15.5. The molecule has 1 aromatic heterocycles. The van der Waals surface area contributed by atoms with Gasteiger partial charge in [-0.3, -0.25) is 4.79 Å². The first-order valence-corrected chi connectivity index (χ1v) is 8.36. The Hall–Kier alpha value is -1.43. The number of carbonyl (C=O) groups excluding carboxylic acids is 1. The Labute approximate surface area is 131 Å². The normalized spacial score (nSPS) is 25.9. The fourth-order valence-corrected chi connectivity index (χ4v) is 3.24. The van der Waals surface area contributed by atoms with Crippen LogP contribution in [0.1, 0.15) is 57.2 Å². The Morgan fingerprint density at radius 2 is 2.23 bits per heavy atom. The summed E-state index contributed by atoms with van der Waals surface area (Å²) in [5.74, 6) is 2.25. The van der Waals surface area contributed by atoms with Crippen LogP contribution in [0.15, 0.2) is 4.52 Å². The van der Waals surface area contributed by atoms with Crippen LogP contribution in [-0.2, 0) is 16.0 Å². The highest BCUT2D eigenvalue weighted by Crippen LogP contribution is 2.27. The zero-order valence-electron chi connectivity index (χ0n) is 13.5. The lowest BCUT2D eigenvalue weighted by atomic mass is 9.97. The van der Waals surface area contributed by atoms with Crippen LogP contribution in [0.4, 0.5) is 0 Å². The molecule has 6 nitrogen and oxygen atoms in total. The summed E-state index contributed by atoms with van der Waals surface area (Å²) in [4.78, 5) is 18.9. The second kappa shape index (κ2) is 6.77. The number of likely N-dealkylation sites (tertiary alicyclic amines) is 1. The molecule has 3 heterocycles. The van der Waals surface area contributed by atoms with Crippen molar-refractivity contribution in [3.8, 4) is 0 Å². The summed E-state index contributed by atoms with van der Waals surface area (Å²) < 4.78 is 10.9. The summed E-state index contributed by atoms with van der Waals surface area (Å²) in [7, 11) is 0. The highest BCUT2D eigenvalue weighted by atomic mass is 16.5. The third kappa shape index (κ3) is 3.48. The van der Waals surface area contributed by atoms with Gasteiger partial charge in [0.1, 0.15) is 6.10 Å². The number of amides is 1. The van der Waals surface area contributed by atoms with Crippen LogP contribution >= 0.6 is 0 Å². The molecule has 2 aliphatic rings. The summed E-state index contributed by atoms with van der Waals surface area (Å²) in [5.41, 5.74) is 0. The molecule has 22 heavy (non-hydrogen) atoms. The number of aromatic nitrogens is 2. The first-order valence-electron chi connectivity index (χ1n) is 8.36. The van der Waals surface area contributed by atoms with Gasteiger partial charge in [-0.2, -0.15) is 4.98 Å². The minimum Gasteiger partial charge on any atom is -0.368 e. The predicted molar refractivity (Wildman–Crippen MR) is 80.4 cm³/mol. The molecule has 0 aromatic carbocycles. The summed E-state index contributed by atoms with van der Waals surface area (Å²) in [6, 6.07) is 0. The van der Waals surface area contributed by atoms with Crippen molar-refractivity contribution in [3.63, 3.8) is 0 Å². The molecular weight excluding hydrogens is 282 g/mol. The topological polar surface area (TPSA) is 68.5 Å². The fraction of sp³-hybridized carbons (Fsp3) is 0.812. The minimum atomic E-state index is -0.238. The van der Waals surface area contributed by atoms with E-state index < -0.39 is 0 Å². The molecule has 0 aliphatic carbocycles. The molecule has 3 rings (SSSR count). The van der Waals surface area contributed by atoms with Crippen LogP contribution in [-0.4, -0.2) is 46.7 Å².